The summed E-state index contributed by atoms with van der Waals surface area (Å²) in [5, 5.41) is 18.4. The van der Waals surface area contributed by atoms with Gasteiger partial charge in [-0.3, -0.25) is 14.9 Å². The number of hydrogen-bond acceptors (Lipinski definition) is 5. The number of nitro benzene ring substituents is 1. The number of rotatable bonds is 7. The molecule has 1 heterocycles. The van der Waals surface area contributed by atoms with Crippen molar-refractivity contribution in [3.8, 4) is 22.7 Å². The fourth-order valence-corrected chi connectivity index (χ4v) is 3.26. The molecular formula is C24H20N4O4. The number of ether oxygens (including phenoxy) is 1. The molecule has 1 aromatic heterocycles. The molecule has 1 amide bonds. The Hall–Kier alpha value is -4.46. The van der Waals surface area contributed by atoms with Crippen molar-refractivity contribution in [2.24, 2.45) is 0 Å². The SMILES string of the molecule is COc1ccc(-c2nn(-c3ccccc3)cc2CNC(=O)c2ccc([N+](=O)[O-])cc2)cc1. The maximum absolute atomic E-state index is 12.6. The van der Waals surface area contributed by atoms with Crippen molar-refractivity contribution in [1.29, 1.82) is 0 Å². The molecule has 0 bridgehead atoms. The van der Waals surface area contributed by atoms with Gasteiger partial charge in [0.25, 0.3) is 11.6 Å². The van der Waals surface area contributed by atoms with Gasteiger partial charge in [0.1, 0.15) is 5.75 Å². The van der Waals surface area contributed by atoms with Gasteiger partial charge in [-0.2, -0.15) is 5.10 Å². The Morgan fingerprint density at radius 2 is 1.72 bits per heavy atom. The number of methoxy groups -OCH3 is 1. The first-order valence-electron chi connectivity index (χ1n) is 9.86. The van der Waals surface area contributed by atoms with Gasteiger partial charge in [-0.1, -0.05) is 18.2 Å². The van der Waals surface area contributed by atoms with Crippen LogP contribution in [0.3, 0.4) is 0 Å². The number of benzene rings is 3. The van der Waals surface area contributed by atoms with E-state index >= 15 is 0 Å². The second-order valence-corrected chi connectivity index (χ2v) is 7.00. The Morgan fingerprint density at radius 1 is 1.03 bits per heavy atom. The van der Waals surface area contributed by atoms with E-state index in [0.717, 1.165) is 28.3 Å². The number of nitrogens with zero attached hydrogens (tertiary/aromatic N) is 3. The predicted octanol–water partition coefficient (Wildman–Crippen LogP) is 4.39. The first-order chi connectivity index (χ1) is 15.5. The molecule has 3 aromatic carbocycles. The molecule has 0 saturated heterocycles. The van der Waals surface area contributed by atoms with Gasteiger partial charge in [0.05, 0.1) is 23.4 Å². The van der Waals surface area contributed by atoms with Crippen molar-refractivity contribution in [2.75, 3.05) is 7.11 Å². The highest BCUT2D eigenvalue weighted by Gasteiger charge is 2.15. The minimum absolute atomic E-state index is 0.0625. The van der Waals surface area contributed by atoms with Crippen LogP contribution in [0.2, 0.25) is 0 Å². The molecule has 8 nitrogen and oxygen atoms in total. The van der Waals surface area contributed by atoms with E-state index < -0.39 is 4.92 Å². The average molecular weight is 428 g/mol. The number of carbonyl (C=O) groups is 1. The fourth-order valence-electron chi connectivity index (χ4n) is 3.26. The Bertz CT molecular complexity index is 1230. The second kappa shape index (κ2) is 9.13. The third-order valence-corrected chi connectivity index (χ3v) is 4.95. The fraction of sp³-hybridized carbons (Fsp3) is 0.0833. The molecule has 0 aliphatic rings. The molecule has 160 valence electrons. The van der Waals surface area contributed by atoms with Gasteiger partial charge < -0.3 is 10.1 Å². The van der Waals surface area contributed by atoms with Crippen LogP contribution in [-0.4, -0.2) is 27.7 Å². The monoisotopic (exact) mass is 428 g/mol. The van der Waals surface area contributed by atoms with Gasteiger partial charge in [-0.05, 0) is 48.5 Å². The van der Waals surface area contributed by atoms with Crippen LogP contribution in [0, 0.1) is 10.1 Å². The Balaban J connectivity index is 1.60. The van der Waals surface area contributed by atoms with E-state index in [1.165, 1.54) is 24.3 Å². The van der Waals surface area contributed by atoms with Gasteiger partial charge in [0, 0.05) is 41.6 Å². The maximum atomic E-state index is 12.6. The van der Waals surface area contributed by atoms with Crippen LogP contribution in [0.4, 0.5) is 5.69 Å². The highest BCUT2D eigenvalue weighted by molar-refractivity contribution is 5.94. The van der Waals surface area contributed by atoms with Crippen LogP contribution in [-0.2, 0) is 6.54 Å². The molecule has 0 aliphatic heterocycles. The Labute approximate surface area is 184 Å². The minimum Gasteiger partial charge on any atom is -0.497 e. The van der Waals surface area contributed by atoms with E-state index in [4.69, 9.17) is 9.84 Å². The van der Waals surface area contributed by atoms with Gasteiger partial charge in [0.2, 0.25) is 0 Å². The molecule has 0 unspecified atom stereocenters. The summed E-state index contributed by atoms with van der Waals surface area (Å²) in [7, 11) is 1.61. The van der Waals surface area contributed by atoms with Gasteiger partial charge in [-0.25, -0.2) is 4.68 Å². The summed E-state index contributed by atoms with van der Waals surface area (Å²) in [6, 6.07) is 22.7. The molecule has 8 heteroatoms. The standard InChI is InChI=1S/C24H20N4O4/c1-32-22-13-9-17(10-14-22)23-19(16-27(26-23)20-5-3-2-4-6-20)15-25-24(29)18-7-11-21(12-8-18)28(30)31/h2-14,16H,15H2,1H3,(H,25,29). The third kappa shape index (κ3) is 4.49. The van der Waals surface area contributed by atoms with Crippen molar-refractivity contribution < 1.29 is 14.5 Å². The lowest BCUT2D eigenvalue weighted by Gasteiger charge is -2.06. The number of aromatic nitrogens is 2. The van der Waals surface area contributed by atoms with Crippen molar-refractivity contribution in [1.82, 2.24) is 15.1 Å². The zero-order valence-electron chi connectivity index (χ0n) is 17.3. The van der Waals surface area contributed by atoms with E-state index in [1.54, 1.807) is 11.8 Å². The number of nitrogens with one attached hydrogen (secondary N) is 1. The van der Waals surface area contributed by atoms with Gasteiger partial charge >= 0.3 is 0 Å². The third-order valence-electron chi connectivity index (χ3n) is 4.95. The van der Waals surface area contributed by atoms with Crippen molar-refractivity contribution in [3.63, 3.8) is 0 Å². The summed E-state index contributed by atoms with van der Waals surface area (Å²) in [5.74, 6) is 0.414. The topological polar surface area (TPSA) is 99.3 Å². The van der Waals surface area contributed by atoms with Crippen molar-refractivity contribution in [3.05, 3.63) is 106 Å². The number of hydrogen-bond donors (Lipinski definition) is 1. The zero-order valence-corrected chi connectivity index (χ0v) is 17.3. The van der Waals surface area contributed by atoms with Crippen LogP contribution >= 0.6 is 0 Å². The number of para-hydroxylation sites is 1. The van der Waals surface area contributed by atoms with Crippen LogP contribution in [0.5, 0.6) is 5.75 Å². The second-order valence-electron chi connectivity index (χ2n) is 7.00. The van der Waals surface area contributed by atoms with E-state index in [9.17, 15) is 14.9 Å². The number of nitro groups is 1. The van der Waals surface area contributed by atoms with Gasteiger partial charge in [-0.15, -0.1) is 0 Å². The lowest BCUT2D eigenvalue weighted by Crippen LogP contribution is -2.22. The average Bonchev–Trinajstić information content (AvgIpc) is 3.27. The predicted molar refractivity (Wildman–Crippen MR) is 120 cm³/mol. The molecule has 32 heavy (non-hydrogen) atoms. The summed E-state index contributed by atoms with van der Waals surface area (Å²) in [5.41, 5.74) is 3.63. The molecule has 0 radical (unpaired) electrons. The largest absolute Gasteiger partial charge is 0.497 e. The first-order valence-corrected chi connectivity index (χ1v) is 9.86. The zero-order chi connectivity index (χ0) is 22.5. The summed E-state index contributed by atoms with van der Waals surface area (Å²) in [4.78, 5) is 22.9. The Kier molecular flexibility index (Phi) is 5.94. The highest BCUT2D eigenvalue weighted by atomic mass is 16.6. The summed E-state index contributed by atoms with van der Waals surface area (Å²) in [6.07, 6.45) is 1.88. The molecule has 4 aromatic rings. The van der Waals surface area contributed by atoms with E-state index in [-0.39, 0.29) is 18.1 Å². The molecule has 0 saturated carbocycles. The molecule has 0 spiro atoms. The smallest absolute Gasteiger partial charge is 0.269 e. The number of carbonyl (C=O) groups excluding carboxylic acids is 1. The summed E-state index contributed by atoms with van der Waals surface area (Å²) in [6.45, 7) is 0.240. The molecule has 0 fully saturated rings. The molecule has 1 N–H and O–H groups in total. The van der Waals surface area contributed by atoms with E-state index in [0.29, 0.717) is 5.56 Å². The highest BCUT2D eigenvalue weighted by Crippen LogP contribution is 2.26. The quantitative estimate of drug-likeness (QED) is 0.348. The number of non-ortho nitro benzene ring substituents is 1. The van der Waals surface area contributed by atoms with E-state index in [1.807, 2.05) is 60.8 Å². The van der Waals surface area contributed by atoms with E-state index in [2.05, 4.69) is 5.32 Å². The Morgan fingerprint density at radius 3 is 2.34 bits per heavy atom. The van der Waals surface area contributed by atoms with Crippen LogP contribution in [0.15, 0.2) is 85.1 Å². The van der Waals surface area contributed by atoms with Crippen LogP contribution < -0.4 is 10.1 Å². The first kappa shape index (κ1) is 20.8. The van der Waals surface area contributed by atoms with Crippen LogP contribution in [0.1, 0.15) is 15.9 Å². The molecule has 4 rings (SSSR count). The van der Waals surface area contributed by atoms with Crippen molar-refractivity contribution >= 4 is 11.6 Å². The molecule has 0 atom stereocenters. The maximum Gasteiger partial charge on any atom is 0.269 e. The number of amides is 1. The minimum atomic E-state index is -0.499. The summed E-state index contributed by atoms with van der Waals surface area (Å²) >= 11 is 0. The normalized spacial score (nSPS) is 10.5. The lowest BCUT2D eigenvalue weighted by atomic mass is 10.1. The summed E-state index contributed by atoms with van der Waals surface area (Å²) < 4.78 is 7.01. The van der Waals surface area contributed by atoms with Crippen molar-refractivity contribution in [2.45, 2.75) is 6.54 Å². The molecule has 0 aliphatic carbocycles. The molecular weight excluding hydrogens is 408 g/mol. The lowest BCUT2D eigenvalue weighted by molar-refractivity contribution is -0.384. The van der Waals surface area contributed by atoms with Gasteiger partial charge in [0.15, 0.2) is 0 Å². The van der Waals surface area contributed by atoms with Crippen LogP contribution in [0.25, 0.3) is 16.9 Å².